The first-order valence-electron chi connectivity index (χ1n) is 8.82. The van der Waals surface area contributed by atoms with Gasteiger partial charge >= 0.3 is 6.09 Å². The summed E-state index contributed by atoms with van der Waals surface area (Å²) in [5, 5.41) is 18.0. The van der Waals surface area contributed by atoms with Crippen LogP contribution in [0.1, 0.15) is 32.4 Å². The molecule has 2 heterocycles. The van der Waals surface area contributed by atoms with Crippen LogP contribution in [0.2, 0.25) is 0 Å². The van der Waals surface area contributed by atoms with Crippen LogP contribution in [0.4, 0.5) is 4.79 Å². The molecule has 0 spiro atoms. The molecule has 1 unspecified atom stereocenters. The second-order valence-corrected chi connectivity index (χ2v) is 7.07. The van der Waals surface area contributed by atoms with Gasteiger partial charge in [-0.3, -0.25) is 4.79 Å². The topological polar surface area (TPSA) is 119 Å². The third-order valence-electron chi connectivity index (χ3n) is 4.42. The molecular formula is C17H28N4O5. The molecule has 1 aromatic rings. The molecule has 1 aromatic heterocycles. The average Bonchev–Trinajstić information content (AvgIpc) is 3.19. The third-order valence-corrected chi connectivity index (χ3v) is 4.42. The Morgan fingerprint density at radius 1 is 1.42 bits per heavy atom. The zero-order valence-corrected chi connectivity index (χ0v) is 15.3. The number of aliphatic hydroxyl groups excluding tert-OH is 2. The molecule has 2 rings (SSSR count). The number of aliphatic hydroxyl groups is 2. The van der Waals surface area contributed by atoms with Crippen LogP contribution in [-0.2, 0) is 16.1 Å². The summed E-state index contributed by atoms with van der Waals surface area (Å²) >= 11 is 0. The van der Waals surface area contributed by atoms with Crippen molar-refractivity contribution < 1.29 is 24.5 Å². The number of hydrogen-bond donors (Lipinski definition) is 3. The van der Waals surface area contributed by atoms with Gasteiger partial charge in [0.2, 0.25) is 5.91 Å². The molecule has 146 valence electrons. The maximum absolute atomic E-state index is 12.6. The number of aromatic amines is 1. The Morgan fingerprint density at radius 2 is 2.12 bits per heavy atom. The van der Waals surface area contributed by atoms with Crippen molar-refractivity contribution in [3.63, 3.8) is 0 Å². The lowest BCUT2D eigenvalue weighted by Gasteiger charge is -2.31. The van der Waals surface area contributed by atoms with E-state index in [4.69, 9.17) is 14.9 Å². The molecule has 0 saturated carbocycles. The van der Waals surface area contributed by atoms with Gasteiger partial charge in [0, 0.05) is 31.7 Å². The molecular weight excluding hydrogens is 340 g/mol. The molecule has 0 aromatic carbocycles. The smallest absolute Gasteiger partial charge is 0.410 e. The van der Waals surface area contributed by atoms with E-state index in [1.54, 1.807) is 31.3 Å². The van der Waals surface area contributed by atoms with Crippen molar-refractivity contribution in [3.05, 3.63) is 18.2 Å². The van der Waals surface area contributed by atoms with E-state index < -0.39 is 11.7 Å². The fraction of sp³-hybridized carbons (Fsp3) is 0.706. The van der Waals surface area contributed by atoms with E-state index in [0.29, 0.717) is 25.9 Å². The Morgan fingerprint density at radius 3 is 2.69 bits per heavy atom. The molecule has 1 saturated heterocycles. The van der Waals surface area contributed by atoms with Crippen LogP contribution in [-0.4, -0.2) is 80.4 Å². The highest BCUT2D eigenvalue weighted by atomic mass is 16.6. The number of H-pyrrole nitrogens is 1. The first-order valence-corrected chi connectivity index (χ1v) is 8.82. The number of imidazole rings is 1. The van der Waals surface area contributed by atoms with Crippen molar-refractivity contribution >= 4 is 12.0 Å². The number of amides is 2. The summed E-state index contributed by atoms with van der Waals surface area (Å²) in [6.07, 6.45) is 3.88. The summed E-state index contributed by atoms with van der Waals surface area (Å²) in [5.74, 6) is -0.166. The minimum Gasteiger partial charge on any atom is -0.443 e. The van der Waals surface area contributed by atoms with E-state index in [1.807, 2.05) is 0 Å². The summed E-state index contributed by atoms with van der Waals surface area (Å²) in [6.45, 7) is 4.43. The van der Waals surface area contributed by atoms with Gasteiger partial charge in [-0.1, -0.05) is 0 Å². The fourth-order valence-electron chi connectivity index (χ4n) is 3.19. The summed E-state index contributed by atoms with van der Waals surface area (Å²) < 4.78 is 5.53. The van der Waals surface area contributed by atoms with Crippen LogP contribution in [0, 0.1) is 5.92 Å². The molecule has 0 bridgehead atoms. The van der Waals surface area contributed by atoms with Crippen LogP contribution in [0.5, 0.6) is 0 Å². The number of carbonyl (C=O) groups is 2. The van der Waals surface area contributed by atoms with E-state index in [1.165, 1.54) is 4.90 Å². The van der Waals surface area contributed by atoms with Gasteiger partial charge in [-0.05, 0) is 26.7 Å². The predicted octanol–water partition coefficient (Wildman–Crippen LogP) is 0.350. The van der Waals surface area contributed by atoms with Gasteiger partial charge in [-0.2, -0.15) is 0 Å². The normalized spacial score (nSPS) is 17.6. The summed E-state index contributed by atoms with van der Waals surface area (Å²) in [4.78, 5) is 34.9. The van der Waals surface area contributed by atoms with Gasteiger partial charge < -0.3 is 29.7 Å². The van der Waals surface area contributed by atoms with E-state index in [-0.39, 0.29) is 38.1 Å². The summed E-state index contributed by atoms with van der Waals surface area (Å²) in [7, 11) is 0. The number of aromatic nitrogens is 2. The molecule has 0 aliphatic carbocycles. The minimum absolute atomic E-state index is 0.0414. The van der Waals surface area contributed by atoms with Crippen molar-refractivity contribution in [3.8, 4) is 0 Å². The second kappa shape index (κ2) is 9.00. The van der Waals surface area contributed by atoms with E-state index >= 15 is 0 Å². The molecule has 9 heteroatoms. The fourth-order valence-corrected chi connectivity index (χ4v) is 3.19. The molecule has 1 fully saturated rings. The van der Waals surface area contributed by atoms with E-state index in [9.17, 15) is 9.59 Å². The van der Waals surface area contributed by atoms with Crippen molar-refractivity contribution in [1.82, 2.24) is 19.8 Å². The lowest BCUT2D eigenvalue weighted by molar-refractivity contribution is -0.133. The highest BCUT2D eigenvalue weighted by Crippen LogP contribution is 2.30. The molecule has 0 radical (unpaired) electrons. The standard InChI is InChI=1S/C17H28N4O5/c1-17(2,26-16(25)20(5-7-22)6-8-23)9-13-3-4-21(15(13)24)11-14-10-18-12-19-14/h10,12-13,22-23H,3-9,11H2,1-2H3,(H,18,19). The zero-order chi connectivity index (χ0) is 19.2. The third kappa shape index (κ3) is 5.43. The highest BCUT2D eigenvalue weighted by molar-refractivity contribution is 5.81. The highest BCUT2D eigenvalue weighted by Gasteiger charge is 2.38. The SMILES string of the molecule is CC(C)(CC1CCN(Cc2c[nH]cn2)C1=O)OC(=O)N(CCO)CCO. The molecule has 9 nitrogen and oxygen atoms in total. The largest absolute Gasteiger partial charge is 0.443 e. The van der Waals surface area contributed by atoms with Crippen LogP contribution in [0.15, 0.2) is 12.5 Å². The van der Waals surface area contributed by atoms with E-state index in [2.05, 4.69) is 9.97 Å². The quantitative estimate of drug-likeness (QED) is 0.579. The summed E-state index contributed by atoms with van der Waals surface area (Å²) in [6, 6.07) is 0. The number of ether oxygens (including phenoxy) is 1. The number of nitrogens with zero attached hydrogens (tertiary/aromatic N) is 3. The average molecular weight is 368 g/mol. The lowest BCUT2D eigenvalue weighted by Crippen LogP contribution is -2.42. The number of rotatable bonds is 9. The maximum atomic E-state index is 12.6. The van der Waals surface area contributed by atoms with Gasteiger partial charge in [0.05, 0.1) is 31.8 Å². The van der Waals surface area contributed by atoms with Gasteiger partial charge in [-0.15, -0.1) is 0 Å². The minimum atomic E-state index is -0.830. The predicted molar refractivity (Wildman–Crippen MR) is 93.0 cm³/mol. The van der Waals surface area contributed by atoms with Crippen LogP contribution in [0.3, 0.4) is 0 Å². The van der Waals surface area contributed by atoms with Crippen LogP contribution < -0.4 is 0 Å². The number of likely N-dealkylation sites (tertiary alicyclic amines) is 1. The molecule has 1 aliphatic rings. The van der Waals surface area contributed by atoms with Crippen molar-refractivity contribution in [1.29, 1.82) is 0 Å². The Kier molecular flexibility index (Phi) is 6.98. The maximum Gasteiger partial charge on any atom is 0.410 e. The molecule has 26 heavy (non-hydrogen) atoms. The van der Waals surface area contributed by atoms with Gasteiger partial charge in [0.1, 0.15) is 5.60 Å². The Balaban J connectivity index is 1.89. The number of nitrogens with one attached hydrogen (secondary N) is 1. The van der Waals surface area contributed by atoms with Gasteiger partial charge in [-0.25, -0.2) is 9.78 Å². The first kappa shape index (κ1) is 20.2. The second-order valence-electron chi connectivity index (χ2n) is 7.07. The lowest BCUT2D eigenvalue weighted by atomic mass is 9.92. The van der Waals surface area contributed by atoms with E-state index in [0.717, 1.165) is 5.69 Å². The Labute approximate surface area is 153 Å². The zero-order valence-electron chi connectivity index (χ0n) is 15.3. The van der Waals surface area contributed by atoms with Gasteiger partial charge in [0.25, 0.3) is 0 Å². The molecule has 2 amide bonds. The van der Waals surface area contributed by atoms with Crippen molar-refractivity contribution in [2.45, 2.75) is 38.8 Å². The molecule has 1 atom stereocenters. The van der Waals surface area contributed by atoms with Crippen LogP contribution in [0.25, 0.3) is 0 Å². The Bertz CT molecular complexity index is 584. The van der Waals surface area contributed by atoms with Crippen LogP contribution >= 0.6 is 0 Å². The Hall–Kier alpha value is -2.13. The first-order chi connectivity index (χ1) is 12.4. The number of hydrogen-bond acceptors (Lipinski definition) is 6. The molecule has 3 N–H and O–H groups in total. The molecule has 1 aliphatic heterocycles. The summed E-state index contributed by atoms with van der Waals surface area (Å²) in [5.41, 5.74) is -0.0172. The van der Waals surface area contributed by atoms with Gasteiger partial charge in [0.15, 0.2) is 0 Å². The number of carbonyl (C=O) groups excluding carboxylic acids is 2. The van der Waals surface area contributed by atoms with Crippen molar-refractivity contribution in [2.24, 2.45) is 5.92 Å². The monoisotopic (exact) mass is 368 g/mol. The van der Waals surface area contributed by atoms with Crippen molar-refractivity contribution in [2.75, 3.05) is 32.8 Å².